The smallest absolute Gasteiger partial charge is 0.335 e. The number of anilines is 1. The first-order chi connectivity index (χ1) is 9.45. The minimum absolute atomic E-state index is 0.0668. The van der Waals surface area contributed by atoms with Crippen LogP contribution in [0.4, 0.5) is 5.69 Å². The lowest BCUT2D eigenvalue weighted by Crippen LogP contribution is -2.12. The van der Waals surface area contributed by atoms with Crippen molar-refractivity contribution in [1.82, 2.24) is 0 Å². The fraction of sp³-hybridized carbons (Fsp3) is 0. The van der Waals surface area contributed by atoms with Crippen molar-refractivity contribution in [3.05, 3.63) is 58.1 Å². The third kappa shape index (κ3) is 3.36. The van der Waals surface area contributed by atoms with E-state index < -0.39 is 5.97 Å². The number of carbonyl (C=O) groups excluding carboxylic acids is 1. The first-order valence-electron chi connectivity index (χ1n) is 5.60. The summed E-state index contributed by atoms with van der Waals surface area (Å²) in [6.45, 7) is 0. The highest BCUT2D eigenvalue weighted by Gasteiger charge is 2.10. The first-order valence-corrected chi connectivity index (χ1v) is 6.39. The molecule has 1 amide bonds. The molecule has 6 heteroatoms. The van der Waals surface area contributed by atoms with Gasteiger partial charge in [0.25, 0.3) is 5.91 Å². The van der Waals surface area contributed by atoms with Crippen molar-refractivity contribution < 1.29 is 19.8 Å². The van der Waals surface area contributed by atoms with Gasteiger partial charge in [-0.1, -0.05) is 15.9 Å². The molecule has 0 aromatic heterocycles. The molecule has 0 aliphatic heterocycles. The van der Waals surface area contributed by atoms with Gasteiger partial charge in [0.15, 0.2) is 0 Å². The summed E-state index contributed by atoms with van der Waals surface area (Å²) >= 11 is 3.19. The lowest BCUT2D eigenvalue weighted by molar-refractivity contribution is 0.0696. The SMILES string of the molecule is O=C(O)c1cc(Br)cc(NC(=O)c2ccc(O)cc2)c1. The number of hydrogen-bond acceptors (Lipinski definition) is 3. The second-order valence-electron chi connectivity index (χ2n) is 4.03. The molecule has 3 N–H and O–H groups in total. The molecule has 0 saturated carbocycles. The molecule has 0 saturated heterocycles. The zero-order chi connectivity index (χ0) is 14.7. The highest BCUT2D eigenvalue weighted by atomic mass is 79.9. The fourth-order valence-electron chi connectivity index (χ4n) is 1.60. The average molecular weight is 336 g/mol. The van der Waals surface area contributed by atoms with Crippen molar-refractivity contribution in [2.24, 2.45) is 0 Å². The van der Waals surface area contributed by atoms with Gasteiger partial charge in [-0.15, -0.1) is 0 Å². The summed E-state index contributed by atoms with van der Waals surface area (Å²) in [7, 11) is 0. The zero-order valence-corrected chi connectivity index (χ0v) is 11.7. The summed E-state index contributed by atoms with van der Waals surface area (Å²) in [4.78, 5) is 22.9. The molecule has 0 aliphatic rings. The van der Waals surface area contributed by atoms with Gasteiger partial charge in [0.05, 0.1) is 5.56 Å². The van der Waals surface area contributed by atoms with Gasteiger partial charge in [-0.25, -0.2) is 4.79 Å². The van der Waals surface area contributed by atoms with Crippen LogP contribution in [0.3, 0.4) is 0 Å². The third-order valence-electron chi connectivity index (χ3n) is 2.53. The van der Waals surface area contributed by atoms with Crippen LogP contribution in [0.2, 0.25) is 0 Å². The van der Waals surface area contributed by atoms with Crippen LogP contribution in [0.15, 0.2) is 46.9 Å². The summed E-state index contributed by atoms with van der Waals surface area (Å²) < 4.78 is 0.554. The Hall–Kier alpha value is -2.34. The molecular weight excluding hydrogens is 326 g/mol. The third-order valence-corrected chi connectivity index (χ3v) is 2.99. The normalized spacial score (nSPS) is 10.1. The molecule has 102 valence electrons. The Bertz CT molecular complexity index is 667. The van der Waals surface area contributed by atoms with E-state index in [9.17, 15) is 9.59 Å². The van der Waals surface area contributed by atoms with E-state index in [1.54, 1.807) is 6.07 Å². The van der Waals surface area contributed by atoms with E-state index in [0.29, 0.717) is 15.7 Å². The van der Waals surface area contributed by atoms with Crippen molar-refractivity contribution in [3.8, 4) is 5.75 Å². The van der Waals surface area contributed by atoms with Crippen LogP contribution in [0, 0.1) is 0 Å². The number of nitrogens with one attached hydrogen (secondary N) is 1. The Morgan fingerprint density at radius 1 is 1.00 bits per heavy atom. The number of rotatable bonds is 3. The van der Waals surface area contributed by atoms with Crippen molar-refractivity contribution in [1.29, 1.82) is 0 Å². The summed E-state index contributed by atoms with van der Waals surface area (Å²) in [5.41, 5.74) is 0.801. The number of aromatic carboxylic acids is 1. The quantitative estimate of drug-likeness (QED) is 0.804. The minimum atomic E-state index is -1.08. The van der Waals surface area contributed by atoms with Crippen LogP contribution >= 0.6 is 15.9 Å². The number of halogens is 1. The van der Waals surface area contributed by atoms with Crippen LogP contribution in [0.5, 0.6) is 5.75 Å². The molecule has 0 fully saturated rings. The van der Waals surface area contributed by atoms with E-state index in [2.05, 4.69) is 21.2 Å². The monoisotopic (exact) mass is 335 g/mol. The largest absolute Gasteiger partial charge is 0.508 e. The molecule has 0 aliphatic carbocycles. The van der Waals surface area contributed by atoms with Crippen molar-refractivity contribution in [2.75, 3.05) is 5.32 Å². The molecule has 0 unspecified atom stereocenters. The first kappa shape index (κ1) is 14.1. The number of amides is 1. The number of carboxylic acid groups (broad SMARTS) is 1. The maximum Gasteiger partial charge on any atom is 0.335 e. The molecule has 0 radical (unpaired) electrons. The van der Waals surface area contributed by atoms with Gasteiger partial charge in [0.2, 0.25) is 0 Å². The van der Waals surface area contributed by atoms with Crippen LogP contribution < -0.4 is 5.32 Å². The minimum Gasteiger partial charge on any atom is -0.508 e. The maximum absolute atomic E-state index is 12.0. The van der Waals surface area contributed by atoms with Gasteiger partial charge in [0.1, 0.15) is 5.75 Å². The topological polar surface area (TPSA) is 86.6 Å². The molecule has 2 aromatic carbocycles. The van der Waals surface area contributed by atoms with Gasteiger partial charge in [-0.3, -0.25) is 4.79 Å². The summed E-state index contributed by atoms with van der Waals surface area (Å²) in [5.74, 6) is -1.40. The second kappa shape index (κ2) is 5.75. The lowest BCUT2D eigenvalue weighted by atomic mass is 10.1. The summed E-state index contributed by atoms with van der Waals surface area (Å²) in [6, 6.07) is 10.2. The molecule has 5 nitrogen and oxygen atoms in total. The molecule has 2 rings (SSSR count). The number of carboxylic acids is 1. The van der Waals surface area contributed by atoms with Gasteiger partial charge in [0, 0.05) is 15.7 Å². The average Bonchev–Trinajstić information content (AvgIpc) is 2.38. The molecule has 0 atom stereocenters. The summed E-state index contributed by atoms with van der Waals surface area (Å²) in [5, 5.41) is 20.7. The molecule has 2 aromatic rings. The van der Waals surface area contributed by atoms with E-state index in [-0.39, 0.29) is 17.2 Å². The highest BCUT2D eigenvalue weighted by Crippen LogP contribution is 2.20. The van der Waals surface area contributed by atoms with Crippen molar-refractivity contribution in [2.45, 2.75) is 0 Å². The summed E-state index contributed by atoms with van der Waals surface area (Å²) in [6.07, 6.45) is 0. The van der Waals surface area contributed by atoms with E-state index in [1.807, 2.05) is 0 Å². The lowest BCUT2D eigenvalue weighted by Gasteiger charge is -2.07. The molecular formula is C14H10BrNO4. The Morgan fingerprint density at radius 2 is 1.65 bits per heavy atom. The number of benzene rings is 2. The predicted octanol–water partition coefficient (Wildman–Crippen LogP) is 3.11. The van der Waals surface area contributed by atoms with Crippen LogP contribution in [-0.2, 0) is 0 Å². The van der Waals surface area contributed by atoms with Crippen LogP contribution in [-0.4, -0.2) is 22.1 Å². The van der Waals surface area contributed by atoms with Gasteiger partial charge < -0.3 is 15.5 Å². The molecule has 0 spiro atoms. The number of phenols is 1. The number of hydrogen-bond donors (Lipinski definition) is 3. The van der Waals surface area contributed by atoms with Crippen LogP contribution in [0.1, 0.15) is 20.7 Å². The Balaban J connectivity index is 2.23. The van der Waals surface area contributed by atoms with E-state index in [1.165, 1.54) is 36.4 Å². The molecule has 20 heavy (non-hydrogen) atoms. The van der Waals surface area contributed by atoms with Crippen LogP contribution in [0.25, 0.3) is 0 Å². The predicted molar refractivity (Wildman–Crippen MR) is 77.2 cm³/mol. The number of carbonyl (C=O) groups is 2. The molecule has 0 heterocycles. The van der Waals surface area contributed by atoms with Crippen molar-refractivity contribution >= 4 is 33.5 Å². The number of aromatic hydroxyl groups is 1. The zero-order valence-electron chi connectivity index (χ0n) is 10.1. The highest BCUT2D eigenvalue weighted by molar-refractivity contribution is 9.10. The van der Waals surface area contributed by atoms with Gasteiger partial charge in [-0.05, 0) is 42.5 Å². The van der Waals surface area contributed by atoms with E-state index in [0.717, 1.165) is 0 Å². The van der Waals surface area contributed by atoms with Gasteiger partial charge >= 0.3 is 5.97 Å². The fourth-order valence-corrected chi connectivity index (χ4v) is 2.09. The van der Waals surface area contributed by atoms with Gasteiger partial charge in [-0.2, -0.15) is 0 Å². The van der Waals surface area contributed by atoms with E-state index >= 15 is 0 Å². The maximum atomic E-state index is 12.0. The Kier molecular flexibility index (Phi) is 4.05. The Morgan fingerprint density at radius 3 is 2.25 bits per heavy atom. The second-order valence-corrected chi connectivity index (χ2v) is 4.95. The standard InChI is InChI=1S/C14H10BrNO4/c15-10-5-9(14(19)20)6-11(7-10)16-13(18)8-1-3-12(17)4-2-8/h1-7,17H,(H,16,18)(H,19,20). The molecule has 0 bridgehead atoms. The number of phenolic OH excluding ortho intramolecular Hbond substituents is 1. The van der Waals surface area contributed by atoms with E-state index in [4.69, 9.17) is 10.2 Å². The Labute approximate surface area is 123 Å². The van der Waals surface area contributed by atoms with Crippen molar-refractivity contribution in [3.63, 3.8) is 0 Å².